The summed E-state index contributed by atoms with van der Waals surface area (Å²) in [5, 5.41) is 1.37. The summed E-state index contributed by atoms with van der Waals surface area (Å²) in [4.78, 5) is 4.03. The van der Waals surface area contributed by atoms with E-state index in [0.717, 1.165) is 5.01 Å². The van der Waals surface area contributed by atoms with Gasteiger partial charge in [-0.2, -0.15) is 4.31 Å². The molecule has 1 unspecified atom stereocenters. The Kier molecular flexibility index (Phi) is 4.37. The molecule has 0 aliphatic carbocycles. The third kappa shape index (κ3) is 3.36. The highest BCUT2D eigenvalue weighted by molar-refractivity contribution is 9.09. The summed E-state index contributed by atoms with van der Waals surface area (Å²) in [6, 6.07) is 0. The Morgan fingerprint density at radius 2 is 2.32 bits per heavy atom. The van der Waals surface area contributed by atoms with Gasteiger partial charge in [0, 0.05) is 18.4 Å². The first-order valence-electron chi connectivity index (χ1n) is 5.91. The van der Waals surface area contributed by atoms with E-state index >= 15 is 0 Å². The van der Waals surface area contributed by atoms with Gasteiger partial charge in [0.05, 0.1) is 22.9 Å². The van der Waals surface area contributed by atoms with Crippen molar-refractivity contribution >= 4 is 37.3 Å². The molecule has 1 aromatic rings. The van der Waals surface area contributed by atoms with E-state index in [1.165, 1.54) is 21.8 Å². The van der Waals surface area contributed by atoms with Crippen LogP contribution in [-0.4, -0.2) is 47.8 Å². The van der Waals surface area contributed by atoms with Crippen molar-refractivity contribution < 1.29 is 13.2 Å². The highest BCUT2D eigenvalue weighted by atomic mass is 79.9. The quantitative estimate of drug-likeness (QED) is 0.765. The van der Waals surface area contributed by atoms with Gasteiger partial charge in [0.25, 0.3) is 10.0 Å². The first-order chi connectivity index (χ1) is 8.74. The average Bonchev–Trinajstić information content (AvgIpc) is 2.74. The molecule has 5 nitrogen and oxygen atoms in total. The second-order valence-electron chi connectivity index (χ2n) is 5.15. The highest BCUT2D eigenvalue weighted by Gasteiger charge is 2.39. The molecular formula is C11H17BrN2O3S2. The molecule has 0 spiro atoms. The number of morpholine rings is 1. The summed E-state index contributed by atoms with van der Waals surface area (Å²) in [7, 11) is -3.47. The molecule has 1 atom stereocenters. The first-order valence-corrected chi connectivity index (χ1v) is 9.29. The number of hydrogen-bond acceptors (Lipinski definition) is 5. The fraction of sp³-hybridized carbons (Fsp3) is 0.727. The van der Waals surface area contributed by atoms with Gasteiger partial charge in [0.15, 0.2) is 4.21 Å². The molecule has 1 aliphatic heterocycles. The summed E-state index contributed by atoms with van der Waals surface area (Å²) in [6.45, 7) is 6.34. The minimum Gasteiger partial charge on any atom is -0.369 e. The zero-order valence-electron chi connectivity index (χ0n) is 11.1. The maximum Gasteiger partial charge on any atom is 0.254 e. The first kappa shape index (κ1) is 15.4. The second-order valence-corrected chi connectivity index (χ2v) is 9.20. The van der Waals surface area contributed by atoms with Crippen LogP contribution in [-0.2, 0) is 14.8 Å². The van der Waals surface area contributed by atoms with E-state index in [-0.39, 0.29) is 6.10 Å². The van der Waals surface area contributed by atoms with Gasteiger partial charge in [0.1, 0.15) is 0 Å². The van der Waals surface area contributed by atoms with Crippen molar-refractivity contribution in [3.8, 4) is 0 Å². The number of ether oxygens (including phenoxy) is 1. The highest BCUT2D eigenvalue weighted by Crippen LogP contribution is 2.29. The SMILES string of the molecule is Cc1ncc(S(=O)(=O)N2CC(CBr)OC(C)(C)C2)s1. The third-order valence-corrected chi connectivity index (χ3v) is 6.70. The van der Waals surface area contributed by atoms with Gasteiger partial charge in [-0.25, -0.2) is 13.4 Å². The fourth-order valence-corrected chi connectivity index (χ4v) is 5.32. The molecule has 2 heterocycles. The summed E-state index contributed by atoms with van der Waals surface area (Å²) < 4.78 is 32.8. The topological polar surface area (TPSA) is 59.5 Å². The monoisotopic (exact) mass is 368 g/mol. The number of rotatable bonds is 3. The van der Waals surface area contributed by atoms with Crippen LogP contribution in [0.4, 0.5) is 0 Å². The molecule has 1 saturated heterocycles. The molecule has 19 heavy (non-hydrogen) atoms. The number of aromatic nitrogens is 1. The maximum absolute atomic E-state index is 12.6. The van der Waals surface area contributed by atoms with Gasteiger partial charge in [-0.15, -0.1) is 11.3 Å². The van der Waals surface area contributed by atoms with Crippen LogP contribution in [0.25, 0.3) is 0 Å². The number of hydrogen-bond donors (Lipinski definition) is 0. The molecular weight excluding hydrogens is 352 g/mol. The molecule has 1 aromatic heterocycles. The number of thiazole rings is 1. The number of halogens is 1. The Morgan fingerprint density at radius 3 is 2.84 bits per heavy atom. The van der Waals surface area contributed by atoms with Crippen molar-refractivity contribution in [1.82, 2.24) is 9.29 Å². The lowest BCUT2D eigenvalue weighted by atomic mass is 10.1. The lowest BCUT2D eigenvalue weighted by Gasteiger charge is -2.41. The predicted molar refractivity (Wildman–Crippen MR) is 78.4 cm³/mol. The molecule has 0 bridgehead atoms. The summed E-state index contributed by atoms with van der Waals surface area (Å²) in [5.41, 5.74) is -0.483. The molecule has 0 radical (unpaired) electrons. The average molecular weight is 369 g/mol. The Balaban J connectivity index is 2.29. The van der Waals surface area contributed by atoms with Crippen LogP contribution in [0, 0.1) is 6.92 Å². The summed E-state index contributed by atoms with van der Waals surface area (Å²) in [6.07, 6.45) is 1.30. The fourth-order valence-electron chi connectivity index (χ4n) is 2.09. The smallest absolute Gasteiger partial charge is 0.254 e. The van der Waals surface area contributed by atoms with Crippen molar-refractivity contribution in [1.29, 1.82) is 0 Å². The zero-order chi connectivity index (χ0) is 14.3. The Morgan fingerprint density at radius 1 is 1.63 bits per heavy atom. The van der Waals surface area contributed by atoms with Crippen molar-refractivity contribution in [3.63, 3.8) is 0 Å². The van der Waals surface area contributed by atoms with E-state index in [0.29, 0.717) is 22.6 Å². The van der Waals surface area contributed by atoms with Crippen molar-refractivity contribution in [2.24, 2.45) is 0 Å². The molecule has 0 N–H and O–H groups in total. The van der Waals surface area contributed by atoms with Crippen LogP contribution in [0.5, 0.6) is 0 Å². The van der Waals surface area contributed by atoms with Crippen LogP contribution in [0.2, 0.25) is 0 Å². The molecule has 108 valence electrons. The van der Waals surface area contributed by atoms with Crippen molar-refractivity contribution in [3.05, 3.63) is 11.2 Å². The molecule has 1 aliphatic rings. The molecule has 2 rings (SSSR count). The van der Waals surface area contributed by atoms with E-state index in [2.05, 4.69) is 20.9 Å². The van der Waals surface area contributed by atoms with Crippen molar-refractivity contribution in [2.45, 2.75) is 36.7 Å². The van der Waals surface area contributed by atoms with Crippen LogP contribution in [0.3, 0.4) is 0 Å². The van der Waals surface area contributed by atoms with Crippen LogP contribution in [0.15, 0.2) is 10.4 Å². The van der Waals surface area contributed by atoms with Crippen LogP contribution < -0.4 is 0 Å². The van der Waals surface area contributed by atoms with Crippen LogP contribution >= 0.6 is 27.3 Å². The van der Waals surface area contributed by atoms with E-state index in [4.69, 9.17) is 4.74 Å². The number of aryl methyl sites for hydroxylation is 1. The van der Waals surface area contributed by atoms with Gasteiger partial charge in [-0.3, -0.25) is 0 Å². The largest absolute Gasteiger partial charge is 0.369 e. The lowest BCUT2D eigenvalue weighted by molar-refractivity contribution is -0.106. The maximum atomic E-state index is 12.6. The van der Waals surface area contributed by atoms with E-state index in [1.807, 2.05) is 13.8 Å². The van der Waals surface area contributed by atoms with Gasteiger partial charge >= 0.3 is 0 Å². The van der Waals surface area contributed by atoms with E-state index in [9.17, 15) is 8.42 Å². The second kappa shape index (κ2) is 5.40. The molecule has 0 saturated carbocycles. The number of sulfonamides is 1. The van der Waals surface area contributed by atoms with E-state index in [1.54, 1.807) is 6.92 Å². The van der Waals surface area contributed by atoms with Crippen molar-refractivity contribution in [2.75, 3.05) is 18.4 Å². The molecule has 8 heteroatoms. The molecule has 0 amide bonds. The third-order valence-electron chi connectivity index (χ3n) is 2.82. The van der Waals surface area contributed by atoms with Crippen LogP contribution in [0.1, 0.15) is 18.9 Å². The normalized spacial score (nSPS) is 24.5. The van der Waals surface area contributed by atoms with Gasteiger partial charge in [-0.1, -0.05) is 15.9 Å². The number of alkyl halides is 1. The Bertz CT molecular complexity index is 556. The Hall–Kier alpha value is -0.0200. The van der Waals surface area contributed by atoms with Gasteiger partial charge in [0.2, 0.25) is 0 Å². The minimum atomic E-state index is -3.47. The standard InChI is InChI=1S/C11H17BrN2O3S2/c1-8-13-5-10(18-8)19(15,16)14-6-9(4-12)17-11(2,3)7-14/h5,9H,4,6-7H2,1-3H3. The predicted octanol–water partition coefficient (Wildman–Crippen LogP) is 2.01. The summed E-state index contributed by atoms with van der Waals surface area (Å²) >= 11 is 4.56. The van der Waals surface area contributed by atoms with Gasteiger partial charge < -0.3 is 4.74 Å². The molecule has 1 fully saturated rings. The lowest BCUT2D eigenvalue weighted by Crippen LogP contribution is -2.54. The minimum absolute atomic E-state index is 0.132. The Labute approximate surface area is 126 Å². The number of nitrogens with zero attached hydrogens (tertiary/aromatic N) is 2. The van der Waals surface area contributed by atoms with E-state index < -0.39 is 15.6 Å². The summed E-state index contributed by atoms with van der Waals surface area (Å²) in [5.74, 6) is 0. The molecule has 0 aromatic carbocycles. The van der Waals surface area contributed by atoms with Gasteiger partial charge in [-0.05, 0) is 20.8 Å². The zero-order valence-corrected chi connectivity index (χ0v) is 14.3.